The molecule has 0 aliphatic heterocycles. The Balaban J connectivity index is 2.32. The summed E-state index contributed by atoms with van der Waals surface area (Å²) in [5.41, 5.74) is 0.723. The van der Waals surface area contributed by atoms with E-state index in [1.165, 1.54) is 11.8 Å². The molecule has 1 aromatic rings. The third-order valence-electron chi connectivity index (χ3n) is 2.13. The molecule has 0 saturated carbocycles. The van der Waals surface area contributed by atoms with Crippen molar-refractivity contribution in [2.24, 2.45) is 5.92 Å². The largest absolute Gasteiger partial charge is 0.481 e. The van der Waals surface area contributed by atoms with Crippen LogP contribution in [0.2, 0.25) is 0 Å². The van der Waals surface area contributed by atoms with Crippen LogP contribution in [-0.4, -0.2) is 28.5 Å². The number of carbonyl (C=O) groups is 2. The topological polar surface area (TPSA) is 66.4 Å². The zero-order valence-corrected chi connectivity index (χ0v) is 12.3. The van der Waals surface area contributed by atoms with Gasteiger partial charge in [0.2, 0.25) is 5.91 Å². The quantitative estimate of drug-likeness (QED) is 0.841. The minimum Gasteiger partial charge on any atom is -0.481 e. The van der Waals surface area contributed by atoms with E-state index >= 15 is 0 Å². The van der Waals surface area contributed by atoms with Crippen molar-refractivity contribution in [3.63, 3.8) is 0 Å². The Bertz CT molecular complexity index is 439. The number of carboxylic acid groups (broad SMARTS) is 1. The zero-order valence-electron chi connectivity index (χ0n) is 9.85. The van der Waals surface area contributed by atoms with Gasteiger partial charge in [-0.2, -0.15) is 11.8 Å². The number of benzene rings is 1. The van der Waals surface area contributed by atoms with Crippen molar-refractivity contribution in [3.05, 3.63) is 28.7 Å². The molecule has 2 N–H and O–H groups in total. The monoisotopic (exact) mass is 331 g/mol. The van der Waals surface area contributed by atoms with Gasteiger partial charge in [0.25, 0.3) is 0 Å². The van der Waals surface area contributed by atoms with Gasteiger partial charge in [-0.05, 0) is 18.2 Å². The van der Waals surface area contributed by atoms with Crippen molar-refractivity contribution in [1.29, 1.82) is 0 Å². The normalized spacial score (nSPS) is 11.9. The van der Waals surface area contributed by atoms with Crippen LogP contribution < -0.4 is 5.32 Å². The standard InChI is InChI=1S/C12H14BrNO3S/c1-8(12(16)17)6-18-7-11(15)14-10-4-2-3-9(13)5-10/h2-5,8H,6-7H2,1H3,(H,14,15)(H,16,17). The van der Waals surface area contributed by atoms with Gasteiger partial charge in [-0.3, -0.25) is 9.59 Å². The molecule has 0 saturated heterocycles. The fraction of sp³-hybridized carbons (Fsp3) is 0.333. The second kappa shape index (κ2) is 7.43. The van der Waals surface area contributed by atoms with E-state index in [0.29, 0.717) is 5.75 Å². The Morgan fingerprint density at radius 3 is 2.83 bits per heavy atom. The second-order valence-corrected chi connectivity index (χ2v) is 5.76. The number of anilines is 1. The number of aliphatic carboxylic acids is 1. The van der Waals surface area contributed by atoms with Crippen LogP contribution in [0.4, 0.5) is 5.69 Å². The molecule has 1 aromatic carbocycles. The highest BCUT2D eigenvalue weighted by Crippen LogP contribution is 2.16. The lowest BCUT2D eigenvalue weighted by Gasteiger charge is -2.07. The number of nitrogens with one attached hydrogen (secondary N) is 1. The summed E-state index contributed by atoms with van der Waals surface area (Å²) in [6, 6.07) is 7.31. The zero-order chi connectivity index (χ0) is 13.5. The van der Waals surface area contributed by atoms with Crippen LogP contribution in [0.1, 0.15) is 6.92 Å². The number of amides is 1. The number of hydrogen-bond acceptors (Lipinski definition) is 3. The van der Waals surface area contributed by atoms with E-state index in [2.05, 4.69) is 21.2 Å². The number of rotatable bonds is 6. The minimum absolute atomic E-state index is 0.129. The molecule has 0 heterocycles. The highest BCUT2D eigenvalue weighted by Gasteiger charge is 2.11. The summed E-state index contributed by atoms with van der Waals surface area (Å²) in [7, 11) is 0. The molecular weight excluding hydrogens is 318 g/mol. The Hall–Kier alpha value is -1.01. The van der Waals surface area contributed by atoms with Crippen LogP contribution in [0.3, 0.4) is 0 Å². The summed E-state index contributed by atoms with van der Waals surface area (Å²) >= 11 is 4.63. The summed E-state index contributed by atoms with van der Waals surface area (Å²) in [5.74, 6) is -0.718. The van der Waals surface area contributed by atoms with Crippen molar-refractivity contribution < 1.29 is 14.7 Å². The summed E-state index contributed by atoms with van der Waals surface area (Å²) in [6.45, 7) is 1.63. The van der Waals surface area contributed by atoms with E-state index < -0.39 is 11.9 Å². The first kappa shape index (κ1) is 15.0. The van der Waals surface area contributed by atoms with Crippen LogP contribution in [0.5, 0.6) is 0 Å². The minimum atomic E-state index is -0.838. The lowest BCUT2D eigenvalue weighted by Crippen LogP contribution is -2.17. The SMILES string of the molecule is CC(CSCC(=O)Nc1cccc(Br)c1)C(=O)O. The van der Waals surface area contributed by atoms with Crippen molar-refractivity contribution in [3.8, 4) is 0 Å². The molecule has 0 bridgehead atoms. The molecule has 0 aromatic heterocycles. The lowest BCUT2D eigenvalue weighted by molar-refractivity contribution is -0.140. The third kappa shape index (κ3) is 5.55. The molecule has 0 aliphatic rings. The van der Waals surface area contributed by atoms with Gasteiger partial charge < -0.3 is 10.4 Å². The van der Waals surface area contributed by atoms with E-state index in [9.17, 15) is 9.59 Å². The van der Waals surface area contributed by atoms with E-state index in [-0.39, 0.29) is 11.7 Å². The molecular formula is C12H14BrNO3S. The molecule has 0 radical (unpaired) electrons. The summed E-state index contributed by atoms with van der Waals surface area (Å²) in [5, 5.41) is 11.4. The van der Waals surface area contributed by atoms with Gasteiger partial charge in [0, 0.05) is 15.9 Å². The molecule has 18 heavy (non-hydrogen) atoms. The van der Waals surface area contributed by atoms with E-state index in [4.69, 9.17) is 5.11 Å². The Morgan fingerprint density at radius 1 is 1.50 bits per heavy atom. The van der Waals surface area contributed by atoms with E-state index in [0.717, 1.165) is 10.2 Å². The molecule has 1 unspecified atom stereocenters. The molecule has 1 amide bonds. The van der Waals surface area contributed by atoms with E-state index in [1.54, 1.807) is 13.0 Å². The number of hydrogen-bond donors (Lipinski definition) is 2. The first-order chi connectivity index (χ1) is 8.49. The molecule has 0 spiro atoms. The third-order valence-corrected chi connectivity index (χ3v) is 3.83. The second-order valence-electron chi connectivity index (χ2n) is 3.81. The van der Waals surface area contributed by atoms with Crippen LogP contribution >= 0.6 is 27.7 Å². The predicted octanol–water partition coefficient (Wildman–Crippen LogP) is 2.84. The van der Waals surface area contributed by atoms with Gasteiger partial charge >= 0.3 is 5.97 Å². The molecule has 6 heteroatoms. The first-order valence-electron chi connectivity index (χ1n) is 5.35. The smallest absolute Gasteiger partial charge is 0.307 e. The number of carbonyl (C=O) groups excluding carboxylic acids is 1. The molecule has 1 atom stereocenters. The predicted molar refractivity (Wildman–Crippen MR) is 76.9 cm³/mol. The molecule has 4 nitrogen and oxygen atoms in total. The lowest BCUT2D eigenvalue weighted by atomic mass is 10.2. The van der Waals surface area contributed by atoms with Crippen LogP contribution in [0.15, 0.2) is 28.7 Å². The Kier molecular flexibility index (Phi) is 6.21. The Labute approximate surface area is 118 Å². The number of thioether (sulfide) groups is 1. The van der Waals surface area contributed by atoms with Gasteiger partial charge in [-0.1, -0.05) is 28.9 Å². The van der Waals surface area contributed by atoms with Crippen LogP contribution in [0.25, 0.3) is 0 Å². The van der Waals surface area contributed by atoms with Crippen LogP contribution in [-0.2, 0) is 9.59 Å². The molecule has 0 aliphatic carbocycles. The van der Waals surface area contributed by atoms with Gasteiger partial charge in [-0.25, -0.2) is 0 Å². The Morgan fingerprint density at radius 2 is 2.22 bits per heavy atom. The summed E-state index contributed by atoms with van der Waals surface area (Å²) < 4.78 is 0.896. The van der Waals surface area contributed by atoms with Crippen molar-refractivity contribution >= 4 is 45.3 Å². The maximum Gasteiger partial charge on any atom is 0.307 e. The van der Waals surface area contributed by atoms with Gasteiger partial charge in [0.1, 0.15) is 0 Å². The maximum absolute atomic E-state index is 11.6. The van der Waals surface area contributed by atoms with E-state index in [1.807, 2.05) is 18.2 Å². The molecule has 98 valence electrons. The maximum atomic E-state index is 11.6. The highest BCUT2D eigenvalue weighted by molar-refractivity contribution is 9.10. The number of carboxylic acids is 1. The molecule has 0 fully saturated rings. The molecule has 1 rings (SSSR count). The average molecular weight is 332 g/mol. The van der Waals surface area contributed by atoms with Crippen molar-refractivity contribution in [2.75, 3.05) is 16.8 Å². The first-order valence-corrected chi connectivity index (χ1v) is 7.30. The number of halogens is 1. The fourth-order valence-electron chi connectivity index (χ4n) is 1.16. The van der Waals surface area contributed by atoms with Crippen molar-refractivity contribution in [1.82, 2.24) is 0 Å². The van der Waals surface area contributed by atoms with Gasteiger partial charge in [-0.15, -0.1) is 0 Å². The average Bonchev–Trinajstić information content (AvgIpc) is 2.28. The summed E-state index contributed by atoms with van der Waals surface area (Å²) in [4.78, 5) is 22.2. The highest BCUT2D eigenvalue weighted by atomic mass is 79.9. The van der Waals surface area contributed by atoms with Crippen LogP contribution in [0, 0.1) is 5.92 Å². The van der Waals surface area contributed by atoms with Gasteiger partial charge in [0.15, 0.2) is 0 Å². The van der Waals surface area contributed by atoms with Crippen molar-refractivity contribution in [2.45, 2.75) is 6.92 Å². The summed E-state index contributed by atoms with van der Waals surface area (Å²) in [6.07, 6.45) is 0. The fourth-order valence-corrected chi connectivity index (χ4v) is 2.43. The van der Waals surface area contributed by atoms with Gasteiger partial charge in [0.05, 0.1) is 11.7 Å².